The van der Waals surface area contributed by atoms with Crippen molar-refractivity contribution in [2.75, 3.05) is 26.2 Å². The number of hydrogen-bond acceptors (Lipinski definition) is 3. The van der Waals surface area contributed by atoms with Crippen LogP contribution in [0.1, 0.15) is 35.2 Å². The standard InChI is InChI=1S/C15H21NO3/c1-12-6-5-7-13(15(17)18)14(12)19-11-10-16-8-3-2-4-9-16/h5-7H,2-4,8-11H2,1H3,(H,17,18). The number of hydrogen-bond donors (Lipinski definition) is 1. The number of piperidine rings is 1. The molecule has 1 fully saturated rings. The van der Waals surface area contributed by atoms with E-state index in [1.54, 1.807) is 12.1 Å². The second kappa shape index (κ2) is 6.57. The second-order valence-electron chi connectivity index (χ2n) is 5.01. The van der Waals surface area contributed by atoms with E-state index < -0.39 is 5.97 Å². The van der Waals surface area contributed by atoms with Crippen molar-refractivity contribution < 1.29 is 14.6 Å². The fourth-order valence-electron chi connectivity index (χ4n) is 2.47. The van der Waals surface area contributed by atoms with Gasteiger partial charge in [-0.15, -0.1) is 0 Å². The molecule has 1 aliphatic heterocycles. The first-order valence-corrected chi connectivity index (χ1v) is 6.86. The van der Waals surface area contributed by atoms with Crippen LogP contribution in [0.2, 0.25) is 0 Å². The summed E-state index contributed by atoms with van der Waals surface area (Å²) in [5.74, 6) is -0.427. The lowest BCUT2D eigenvalue weighted by Crippen LogP contribution is -2.33. The number of rotatable bonds is 5. The van der Waals surface area contributed by atoms with Crippen molar-refractivity contribution in [3.63, 3.8) is 0 Å². The van der Waals surface area contributed by atoms with Crippen LogP contribution in [0.3, 0.4) is 0 Å². The first kappa shape index (κ1) is 13.9. The maximum Gasteiger partial charge on any atom is 0.339 e. The number of aromatic carboxylic acids is 1. The Kier molecular flexibility index (Phi) is 4.80. The zero-order valence-electron chi connectivity index (χ0n) is 11.4. The number of carboxylic acids is 1. The van der Waals surface area contributed by atoms with Gasteiger partial charge in [0.1, 0.15) is 17.9 Å². The Bertz CT molecular complexity index is 439. The third kappa shape index (κ3) is 3.70. The maximum atomic E-state index is 11.1. The number of aryl methyl sites for hydroxylation is 1. The molecule has 2 rings (SSSR count). The second-order valence-corrected chi connectivity index (χ2v) is 5.01. The monoisotopic (exact) mass is 263 g/mol. The van der Waals surface area contributed by atoms with Crippen molar-refractivity contribution in [1.29, 1.82) is 0 Å². The van der Waals surface area contributed by atoms with Gasteiger partial charge in [0, 0.05) is 6.54 Å². The molecule has 1 aromatic rings. The molecule has 0 atom stereocenters. The number of carboxylic acid groups (broad SMARTS) is 1. The molecule has 1 N–H and O–H groups in total. The Morgan fingerprint density at radius 2 is 2.05 bits per heavy atom. The molecular formula is C15H21NO3. The summed E-state index contributed by atoms with van der Waals surface area (Å²) < 4.78 is 5.71. The molecule has 0 unspecified atom stereocenters. The van der Waals surface area contributed by atoms with E-state index in [4.69, 9.17) is 9.84 Å². The Labute approximate surface area is 114 Å². The Hall–Kier alpha value is -1.55. The number of likely N-dealkylation sites (tertiary alicyclic amines) is 1. The minimum absolute atomic E-state index is 0.249. The van der Waals surface area contributed by atoms with Crippen LogP contribution in [0, 0.1) is 6.92 Å². The number of nitrogens with zero attached hydrogens (tertiary/aromatic N) is 1. The average Bonchev–Trinajstić information content (AvgIpc) is 2.41. The third-order valence-corrected chi connectivity index (χ3v) is 3.54. The first-order chi connectivity index (χ1) is 9.18. The van der Waals surface area contributed by atoms with Crippen LogP contribution < -0.4 is 4.74 Å². The zero-order chi connectivity index (χ0) is 13.7. The molecule has 0 bridgehead atoms. The van der Waals surface area contributed by atoms with E-state index in [9.17, 15) is 4.79 Å². The minimum atomic E-state index is -0.934. The molecule has 0 aromatic heterocycles. The quantitative estimate of drug-likeness (QED) is 0.887. The summed E-state index contributed by atoms with van der Waals surface area (Å²) in [7, 11) is 0. The number of carbonyl (C=O) groups is 1. The van der Waals surface area contributed by atoms with Crippen molar-refractivity contribution >= 4 is 5.97 Å². The van der Waals surface area contributed by atoms with Gasteiger partial charge in [-0.1, -0.05) is 18.6 Å². The molecule has 1 heterocycles. The molecule has 0 spiro atoms. The topological polar surface area (TPSA) is 49.8 Å². The molecule has 0 radical (unpaired) electrons. The number of para-hydroxylation sites is 1. The molecule has 0 aliphatic carbocycles. The average molecular weight is 263 g/mol. The van der Waals surface area contributed by atoms with Gasteiger partial charge in [0.15, 0.2) is 0 Å². The highest BCUT2D eigenvalue weighted by Gasteiger charge is 2.14. The highest BCUT2D eigenvalue weighted by molar-refractivity contribution is 5.91. The van der Waals surface area contributed by atoms with Crippen LogP contribution >= 0.6 is 0 Å². The van der Waals surface area contributed by atoms with Gasteiger partial charge < -0.3 is 9.84 Å². The van der Waals surface area contributed by atoms with Crippen LogP contribution in [-0.2, 0) is 0 Å². The summed E-state index contributed by atoms with van der Waals surface area (Å²) in [6.07, 6.45) is 3.83. The Balaban J connectivity index is 1.93. The van der Waals surface area contributed by atoms with Gasteiger partial charge in [-0.05, 0) is 44.5 Å². The summed E-state index contributed by atoms with van der Waals surface area (Å²) in [4.78, 5) is 13.5. The Morgan fingerprint density at radius 1 is 1.32 bits per heavy atom. The van der Waals surface area contributed by atoms with E-state index >= 15 is 0 Å². The normalized spacial score (nSPS) is 16.3. The van der Waals surface area contributed by atoms with Crippen LogP contribution in [0.4, 0.5) is 0 Å². The third-order valence-electron chi connectivity index (χ3n) is 3.54. The summed E-state index contributed by atoms with van der Waals surface area (Å²) in [5.41, 5.74) is 1.12. The summed E-state index contributed by atoms with van der Waals surface area (Å²) in [6, 6.07) is 5.21. The highest BCUT2D eigenvalue weighted by Crippen LogP contribution is 2.23. The molecule has 0 saturated carbocycles. The van der Waals surface area contributed by atoms with E-state index in [0.717, 1.165) is 25.2 Å². The minimum Gasteiger partial charge on any atom is -0.491 e. The summed E-state index contributed by atoms with van der Waals surface area (Å²) in [5, 5.41) is 9.15. The fraction of sp³-hybridized carbons (Fsp3) is 0.533. The van der Waals surface area contributed by atoms with Crippen molar-refractivity contribution in [1.82, 2.24) is 4.90 Å². The van der Waals surface area contributed by atoms with E-state index in [-0.39, 0.29) is 5.56 Å². The SMILES string of the molecule is Cc1cccc(C(=O)O)c1OCCN1CCCCC1. The molecular weight excluding hydrogens is 242 g/mol. The van der Waals surface area contributed by atoms with Crippen molar-refractivity contribution in [2.45, 2.75) is 26.2 Å². The van der Waals surface area contributed by atoms with E-state index in [0.29, 0.717) is 12.4 Å². The highest BCUT2D eigenvalue weighted by atomic mass is 16.5. The van der Waals surface area contributed by atoms with E-state index in [1.165, 1.54) is 19.3 Å². The van der Waals surface area contributed by atoms with Gasteiger partial charge in [0.05, 0.1) is 0 Å². The predicted molar refractivity (Wildman–Crippen MR) is 73.9 cm³/mol. The van der Waals surface area contributed by atoms with Crippen LogP contribution in [0.25, 0.3) is 0 Å². The molecule has 19 heavy (non-hydrogen) atoms. The summed E-state index contributed by atoms with van der Waals surface area (Å²) >= 11 is 0. The lowest BCUT2D eigenvalue weighted by atomic mass is 10.1. The first-order valence-electron chi connectivity index (χ1n) is 6.86. The lowest BCUT2D eigenvalue weighted by molar-refractivity contribution is 0.0691. The molecule has 0 amide bonds. The molecule has 4 heteroatoms. The van der Waals surface area contributed by atoms with Crippen molar-refractivity contribution in [3.8, 4) is 5.75 Å². The lowest BCUT2D eigenvalue weighted by Gasteiger charge is -2.26. The predicted octanol–water partition coefficient (Wildman–Crippen LogP) is 2.56. The van der Waals surface area contributed by atoms with Gasteiger partial charge in [0.25, 0.3) is 0 Å². The fourth-order valence-corrected chi connectivity index (χ4v) is 2.47. The maximum absolute atomic E-state index is 11.1. The number of ether oxygens (including phenoxy) is 1. The van der Waals surface area contributed by atoms with Gasteiger partial charge >= 0.3 is 5.97 Å². The molecule has 1 saturated heterocycles. The molecule has 1 aromatic carbocycles. The number of benzene rings is 1. The largest absolute Gasteiger partial charge is 0.491 e. The zero-order valence-corrected chi connectivity index (χ0v) is 11.4. The van der Waals surface area contributed by atoms with Gasteiger partial charge in [-0.2, -0.15) is 0 Å². The van der Waals surface area contributed by atoms with Crippen molar-refractivity contribution in [2.24, 2.45) is 0 Å². The smallest absolute Gasteiger partial charge is 0.339 e. The van der Waals surface area contributed by atoms with Gasteiger partial charge in [0.2, 0.25) is 0 Å². The molecule has 1 aliphatic rings. The Morgan fingerprint density at radius 3 is 2.74 bits per heavy atom. The van der Waals surface area contributed by atoms with Gasteiger partial charge in [-0.3, -0.25) is 4.90 Å². The van der Waals surface area contributed by atoms with Crippen molar-refractivity contribution in [3.05, 3.63) is 29.3 Å². The van der Waals surface area contributed by atoms with E-state index in [2.05, 4.69) is 4.90 Å². The van der Waals surface area contributed by atoms with Crippen LogP contribution in [0.5, 0.6) is 5.75 Å². The van der Waals surface area contributed by atoms with Crippen LogP contribution in [-0.4, -0.2) is 42.2 Å². The van der Waals surface area contributed by atoms with Gasteiger partial charge in [-0.25, -0.2) is 4.79 Å². The van der Waals surface area contributed by atoms with Crippen LogP contribution in [0.15, 0.2) is 18.2 Å². The summed E-state index contributed by atoms with van der Waals surface area (Å²) in [6.45, 7) is 5.55. The molecule has 104 valence electrons. The molecule has 4 nitrogen and oxygen atoms in total. The van der Waals surface area contributed by atoms with E-state index in [1.807, 2.05) is 13.0 Å².